The number of hydrogen-bond acceptors (Lipinski definition) is 3. The fraction of sp³-hybridized carbons (Fsp3) is 0.500. The average Bonchev–Trinajstić information content (AvgIpc) is 2.76. The zero-order valence-corrected chi connectivity index (χ0v) is 11.8. The van der Waals surface area contributed by atoms with Gasteiger partial charge in [0.05, 0.1) is 20.1 Å². The van der Waals surface area contributed by atoms with Gasteiger partial charge in [-0.25, -0.2) is 0 Å². The maximum atomic E-state index is 12.4. The first-order valence-electron chi connectivity index (χ1n) is 6.56. The van der Waals surface area contributed by atoms with Crippen molar-refractivity contribution in [2.24, 2.45) is 0 Å². The van der Waals surface area contributed by atoms with Crippen molar-refractivity contribution < 1.29 is 22.7 Å². The van der Waals surface area contributed by atoms with Crippen molar-refractivity contribution in [2.75, 3.05) is 20.2 Å². The number of aryl methyl sites for hydroxylation is 1. The molecule has 1 saturated heterocycles. The molecule has 2 rings (SSSR count). The van der Waals surface area contributed by atoms with Crippen molar-refractivity contribution in [3.05, 3.63) is 29.3 Å². The molecule has 0 saturated carbocycles. The fourth-order valence-electron chi connectivity index (χ4n) is 2.41. The predicted molar refractivity (Wildman–Crippen MR) is 70.9 cm³/mol. The number of halogens is 3. The lowest BCUT2D eigenvalue weighted by Gasteiger charge is -2.25. The Labute approximate surface area is 120 Å². The standard InChI is InChI=1S/C14H17F3N2O2/c1-9-7-10(3-4-11(9)21-2)13-18-8-12(20)19(13)6-5-14(15,16)17/h3-4,7,13,18H,5-6,8H2,1-2H3. The van der Waals surface area contributed by atoms with E-state index in [4.69, 9.17) is 4.74 Å². The van der Waals surface area contributed by atoms with Crippen LogP contribution in [-0.2, 0) is 4.79 Å². The molecule has 1 atom stereocenters. The number of carbonyl (C=O) groups excluding carboxylic acids is 1. The van der Waals surface area contributed by atoms with E-state index in [1.54, 1.807) is 19.2 Å². The largest absolute Gasteiger partial charge is 0.496 e. The van der Waals surface area contributed by atoms with Crippen molar-refractivity contribution in [3.8, 4) is 5.75 Å². The Morgan fingerprint density at radius 1 is 1.43 bits per heavy atom. The molecule has 0 aromatic heterocycles. The smallest absolute Gasteiger partial charge is 0.390 e. The minimum atomic E-state index is -4.27. The maximum absolute atomic E-state index is 12.4. The summed E-state index contributed by atoms with van der Waals surface area (Å²) in [7, 11) is 1.55. The van der Waals surface area contributed by atoms with Crippen LogP contribution in [0, 0.1) is 6.92 Å². The molecule has 1 aliphatic heterocycles. The van der Waals surface area contributed by atoms with Gasteiger partial charge < -0.3 is 9.64 Å². The van der Waals surface area contributed by atoms with Crippen LogP contribution in [0.25, 0.3) is 0 Å². The maximum Gasteiger partial charge on any atom is 0.390 e. The van der Waals surface area contributed by atoms with E-state index in [1.165, 1.54) is 4.90 Å². The molecule has 0 aliphatic carbocycles. The lowest BCUT2D eigenvalue weighted by molar-refractivity contribution is -0.144. The second kappa shape index (κ2) is 5.93. The molecule has 1 aliphatic rings. The summed E-state index contributed by atoms with van der Waals surface area (Å²) in [5, 5.41) is 2.94. The number of rotatable bonds is 4. The summed E-state index contributed by atoms with van der Waals surface area (Å²) in [6, 6.07) is 5.31. The molecule has 0 bridgehead atoms. The molecule has 1 amide bonds. The summed E-state index contributed by atoms with van der Waals surface area (Å²) < 4.78 is 42.2. The van der Waals surface area contributed by atoms with Crippen LogP contribution in [0.15, 0.2) is 18.2 Å². The number of carbonyl (C=O) groups is 1. The summed E-state index contributed by atoms with van der Waals surface area (Å²) in [6.45, 7) is 1.55. The molecular weight excluding hydrogens is 285 g/mol. The zero-order chi connectivity index (χ0) is 15.6. The van der Waals surface area contributed by atoms with Gasteiger partial charge in [0.25, 0.3) is 0 Å². The number of nitrogens with zero attached hydrogens (tertiary/aromatic N) is 1. The minimum Gasteiger partial charge on any atom is -0.496 e. The second-order valence-electron chi connectivity index (χ2n) is 4.96. The van der Waals surface area contributed by atoms with E-state index in [-0.39, 0.29) is 19.0 Å². The van der Waals surface area contributed by atoms with E-state index >= 15 is 0 Å². The zero-order valence-electron chi connectivity index (χ0n) is 11.8. The van der Waals surface area contributed by atoms with Gasteiger partial charge in [-0.15, -0.1) is 0 Å². The molecule has 0 spiro atoms. The second-order valence-corrected chi connectivity index (χ2v) is 4.96. The molecule has 1 N–H and O–H groups in total. The van der Waals surface area contributed by atoms with E-state index in [0.717, 1.165) is 11.1 Å². The highest BCUT2D eigenvalue weighted by Gasteiger charge is 2.35. The van der Waals surface area contributed by atoms with Gasteiger partial charge in [0.15, 0.2) is 0 Å². The van der Waals surface area contributed by atoms with Gasteiger partial charge in [0, 0.05) is 6.54 Å². The number of benzene rings is 1. The van der Waals surface area contributed by atoms with Crippen molar-refractivity contribution in [1.29, 1.82) is 0 Å². The van der Waals surface area contributed by atoms with E-state index in [0.29, 0.717) is 5.75 Å². The molecule has 0 radical (unpaired) electrons. The average molecular weight is 302 g/mol. The minimum absolute atomic E-state index is 0.0492. The molecule has 1 heterocycles. The van der Waals surface area contributed by atoms with Gasteiger partial charge in [-0.05, 0) is 30.2 Å². The van der Waals surface area contributed by atoms with Gasteiger partial charge in [0.2, 0.25) is 5.91 Å². The van der Waals surface area contributed by atoms with E-state index in [1.807, 2.05) is 13.0 Å². The first-order chi connectivity index (χ1) is 9.81. The van der Waals surface area contributed by atoms with Crippen LogP contribution in [0.5, 0.6) is 5.75 Å². The molecule has 116 valence electrons. The Morgan fingerprint density at radius 2 is 2.14 bits per heavy atom. The third-order valence-corrected chi connectivity index (χ3v) is 3.45. The van der Waals surface area contributed by atoms with Gasteiger partial charge in [0.1, 0.15) is 11.9 Å². The summed E-state index contributed by atoms with van der Waals surface area (Å²) in [6.07, 6.45) is -5.81. The van der Waals surface area contributed by atoms with Crippen LogP contribution in [0.1, 0.15) is 23.7 Å². The Balaban J connectivity index is 2.17. The summed E-state index contributed by atoms with van der Waals surface area (Å²) in [4.78, 5) is 13.0. The molecule has 4 nitrogen and oxygen atoms in total. The van der Waals surface area contributed by atoms with Gasteiger partial charge in [-0.2, -0.15) is 13.2 Å². The van der Waals surface area contributed by atoms with E-state index < -0.39 is 18.8 Å². The van der Waals surface area contributed by atoms with Crippen LogP contribution >= 0.6 is 0 Å². The summed E-state index contributed by atoms with van der Waals surface area (Å²) >= 11 is 0. The van der Waals surface area contributed by atoms with Crippen molar-refractivity contribution in [3.63, 3.8) is 0 Å². The third kappa shape index (κ3) is 3.66. The molecular formula is C14H17F3N2O2. The van der Waals surface area contributed by atoms with E-state index in [9.17, 15) is 18.0 Å². The molecule has 1 fully saturated rings. The Bertz CT molecular complexity index is 531. The van der Waals surface area contributed by atoms with Crippen LogP contribution in [0.2, 0.25) is 0 Å². The number of alkyl halides is 3. The van der Waals surface area contributed by atoms with Crippen molar-refractivity contribution in [2.45, 2.75) is 25.7 Å². The van der Waals surface area contributed by atoms with Crippen LogP contribution in [-0.4, -0.2) is 37.2 Å². The fourth-order valence-corrected chi connectivity index (χ4v) is 2.41. The summed E-state index contributed by atoms with van der Waals surface area (Å²) in [5.41, 5.74) is 1.62. The van der Waals surface area contributed by atoms with Crippen LogP contribution < -0.4 is 10.1 Å². The van der Waals surface area contributed by atoms with Gasteiger partial charge >= 0.3 is 6.18 Å². The SMILES string of the molecule is COc1ccc(C2NCC(=O)N2CCC(F)(F)F)cc1C. The number of ether oxygens (including phenoxy) is 1. The van der Waals surface area contributed by atoms with Crippen LogP contribution in [0.3, 0.4) is 0 Å². The topological polar surface area (TPSA) is 41.6 Å². The molecule has 1 unspecified atom stereocenters. The van der Waals surface area contributed by atoms with Gasteiger partial charge in [-0.3, -0.25) is 10.1 Å². The highest BCUT2D eigenvalue weighted by Crippen LogP contribution is 2.29. The molecule has 1 aromatic carbocycles. The lowest BCUT2D eigenvalue weighted by atomic mass is 10.1. The third-order valence-electron chi connectivity index (χ3n) is 3.45. The monoisotopic (exact) mass is 302 g/mol. The van der Waals surface area contributed by atoms with Crippen molar-refractivity contribution >= 4 is 5.91 Å². The normalized spacial score (nSPS) is 19.2. The molecule has 21 heavy (non-hydrogen) atoms. The first-order valence-corrected chi connectivity index (χ1v) is 6.56. The Morgan fingerprint density at radius 3 is 2.71 bits per heavy atom. The number of nitrogens with one attached hydrogen (secondary N) is 1. The Hall–Kier alpha value is -1.76. The number of methoxy groups -OCH3 is 1. The quantitative estimate of drug-likeness (QED) is 0.928. The molecule has 7 heteroatoms. The highest BCUT2D eigenvalue weighted by molar-refractivity contribution is 5.81. The van der Waals surface area contributed by atoms with Gasteiger partial charge in [-0.1, -0.05) is 6.07 Å². The predicted octanol–water partition coefficient (Wildman–Crippen LogP) is 2.39. The van der Waals surface area contributed by atoms with E-state index in [2.05, 4.69) is 5.32 Å². The first kappa shape index (κ1) is 15.6. The number of amides is 1. The van der Waals surface area contributed by atoms with Crippen LogP contribution in [0.4, 0.5) is 13.2 Å². The van der Waals surface area contributed by atoms with Crippen molar-refractivity contribution in [1.82, 2.24) is 10.2 Å². The lowest BCUT2D eigenvalue weighted by Crippen LogP contribution is -2.33. The Kier molecular flexibility index (Phi) is 4.41. The highest BCUT2D eigenvalue weighted by atomic mass is 19.4. The summed E-state index contributed by atoms with van der Waals surface area (Å²) in [5.74, 6) is 0.377. The molecule has 1 aromatic rings. The number of hydrogen-bond donors (Lipinski definition) is 1.